The summed E-state index contributed by atoms with van der Waals surface area (Å²) in [4.78, 5) is 2.29. The van der Waals surface area contributed by atoms with Gasteiger partial charge in [-0.3, -0.25) is 0 Å². The average Bonchev–Trinajstić information content (AvgIpc) is 2.31. The number of piperidine rings is 1. The molecular weight excluding hydrogens is 198 g/mol. The Labute approximate surface area is 96.5 Å². The molecular formula is C13H17N3. The molecule has 2 rings (SSSR count). The molecule has 1 aliphatic rings. The van der Waals surface area contributed by atoms with Gasteiger partial charge in [-0.2, -0.15) is 5.26 Å². The Bertz CT molecular complexity index is 412. The van der Waals surface area contributed by atoms with Crippen LogP contribution >= 0.6 is 0 Å². The molecule has 3 heteroatoms. The number of nitrogen functional groups attached to an aromatic ring is 1. The summed E-state index contributed by atoms with van der Waals surface area (Å²) >= 11 is 0. The molecule has 1 saturated heterocycles. The number of hydrogen-bond donors (Lipinski definition) is 1. The molecule has 0 radical (unpaired) electrons. The van der Waals surface area contributed by atoms with Gasteiger partial charge in [0.2, 0.25) is 0 Å². The van der Waals surface area contributed by atoms with Crippen LogP contribution in [-0.2, 0) is 0 Å². The van der Waals surface area contributed by atoms with Crippen LogP contribution in [0, 0.1) is 17.2 Å². The van der Waals surface area contributed by atoms with Crippen molar-refractivity contribution in [1.29, 1.82) is 5.26 Å². The highest BCUT2D eigenvalue weighted by molar-refractivity contribution is 5.69. The minimum absolute atomic E-state index is 0.683. The lowest BCUT2D eigenvalue weighted by Crippen LogP contribution is -2.33. The predicted octanol–water partition coefficient (Wildman–Crippen LogP) is 2.38. The van der Waals surface area contributed by atoms with Crippen LogP contribution in [0.5, 0.6) is 0 Å². The third-order valence-electron chi connectivity index (χ3n) is 3.28. The first-order valence-corrected chi connectivity index (χ1v) is 5.75. The number of nitrogens with two attached hydrogens (primary N) is 1. The van der Waals surface area contributed by atoms with E-state index in [4.69, 9.17) is 11.0 Å². The Kier molecular flexibility index (Phi) is 3.00. The molecule has 0 saturated carbocycles. The van der Waals surface area contributed by atoms with E-state index in [1.54, 1.807) is 6.07 Å². The lowest BCUT2D eigenvalue weighted by Gasteiger charge is -2.32. The molecule has 2 N–H and O–H groups in total. The first kappa shape index (κ1) is 10.8. The molecule has 1 aliphatic heterocycles. The summed E-state index contributed by atoms with van der Waals surface area (Å²) in [5, 5.41) is 8.88. The topological polar surface area (TPSA) is 53.0 Å². The van der Waals surface area contributed by atoms with Crippen LogP contribution in [0.1, 0.15) is 25.3 Å². The third-order valence-corrected chi connectivity index (χ3v) is 3.28. The normalized spacial score (nSPS) is 17.1. The second-order valence-electron chi connectivity index (χ2n) is 4.55. The van der Waals surface area contributed by atoms with E-state index in [0.717, 1.165) is 30.4 Å². The van der Waals surface area contributed by atoms with Crippen molar-refractivity contribution < 1.29 is 0 Å². The number of benzene rings is 1. The Hall–Kier alpha value is -1.69. The molecule has 0 aromatic heterocycles. The fourth-order valence-corrected chi connectivity index (χ4v) is 2.14. The van der Waals surface area contributed by atoms with Crippen LogP contribution in [0.2, 0.25) is 0 Å². The molecule has 16 heavy (non-hydrogen) atoms. The zero-order chi connectivity index (χ0) is 11.5. The predicted molar refractivity (Wildman–Crippen MR) is 66.2 cm³/mol. The first-order chi connectivity index (χ1) is 7.70. The van der Waals surface area contributed by atoms with E-state index >= 15 is 0 Å². The summed E-state index contributed by atoms with van der Waals surface area (Å²) < 4.78 is 0. The molecule has 0 unspecified atom stereocenters. The first-order valence-electron chi connectivity index (χ1n) is 5.75. The van der Waals surface area contributed by atoms with Crippen molar-refractivity contribution in [3.63, 3.8) is 0 Å². The summed E-state index contributed by atoms with van der Waals surface area (Å²) in [5.74, 6) is 0.802. The quantitative estimate of drug-likeness (QED) is 0.732. The fraction of sp³-hybridized carbons (Fsp3) is 0.462. The van der Waals surface area contributed by atoms with Gasteiger partial charge in [0, 0.05) is 13.1 Å². The molecule has 1 heterocycles. The maximum atomic E-state index is 8.88. The van der Waals surface area contributed by atoms with Crippen LogP contribution in [0.4, 0.5) is 11.4 Å². The molecule has 0 amide bonds. The van der Waals surface area contributed by atoms with Crippen molar-refractivity contribution in [3.05, 3.63) is 23.8 Å². The van der Waals surface area contributed by atoms with Gasteiger partial charge in [0.1, 0.15) is 0 Å². The maximum Gasteiger partial charge on any atom is 0.0992 e. The highest BCUT2D eigenvalue weighted by Gasteiger charge is 2.17. The van der Waals surface area contributed by atoms with Gasteiger partial charge in [-0.15, -0.1) is 0 Å². The van der Waals surface area contributed by atoms with Crippen molar-refractivity contribution in [1.82, 2.24) is 0 Å². The van der Waals surface area contributed by atoms with Crippen LogP contribution in [0.3, 0.4) is 0 Å². The van der Waals surface area contributed by atoms with Gasteiger partial charge in [-0.05, 0) is 37.0 Å². The summed E-state index contributed by atoms with van der Waals surface area (Å²) in [6, 6.07) is 7.65. The van der Waals surface area contributed by atoms with Crippen molar-refractivity contribution >= 4 is 11.4 Å². The smallest absolute Gasteiger partial charge is 0.0992 e. The van der Waals surface area contributed by atoms with Gasteiger partial charge in [-0.25, -0.2) is 0 Å². The second kappa shape index (κ2) is 4.44. The van der Waals surface area contributed by atoms with Gasteiger partial charge in [0.25, 0.3) is 0 Å². The Balaban J connectivity index is 2.23. The van der Waals surface area contributed by atoms with Gasteiger partial charge < -0.3 is 10.6 Å². The summed E-state index contributed by atoms with van der Waals surface area (Å²) in [6.45, 7) is 4.37. The monoisotopic (exact) mass is 215 g/mol. The van der Waals surface area contributed by atoms with Gasteiger partial charge in [-0.1, -0.05) is 6.92 Å². The number of nitrogens with zero attached hydrogens (tertiary/aromatic N) is 2. The zero-order valence-corrected chi connectivity index (χ0v) is 9.61. The lowest BCUT2D eigenvalue weighted by atomic mass is 9.98. The molecule has 0 bridgehead atoms. The van der Waals surface area contributed by atoms with Gasteiger partial charge >= 0.3 is 0 Å². The van der Waals surface area contributed by atoms with Crippen LogP contribution < -0.4 is 10.6 Å². The molecule has 84 valence electrons. The number of rotatable bonds is 1. The van der Waals surface area contributed by atoms with Crippen molar-refractivity contribution in [2.75, 3.05) is 23.7 Å². The molecule has 1 aromatic carbocycles. The van der Waals surface area contributed by atoms with E-state index in [1.807, 2.05) is 12.1 Å². The summed E-state index contributed by atoms with van der Waals surface area (Å²) in [7, 11) is 0. The van der Waals surface area contributed by atoms with E-state index in [1.165, 1.54) is 12.8 Å². The molecule has 1 aromatic rings. The third kappa shape index (κ3) is 2.11. The number of anilines is 2. The average molecular weight is 215 g/mol. The van der Waals surface area contributed by atoms with E-state index in [-0.39, 0.29) is 0 Å². The Morgan fingerprint density at radius 1 is 1.38 bits per heavy atom. The van der Waals surface area contributed by atoms with E-state index in [9.17, 15) is 0 Å². The highest BCUT2D eigenvalue weighted by Crippen LogP contribution is 2.28. The lowest BCUT2D eigenvalue weighted by molar-refractivity contribution is 0.438. The summed E-state index contributed by atoms with van der Waals surface area (Å²) in [5.41, 5.74) is 8.43. The number of nitriles is 1. The van der Waals surface area contributed by atoms with Crippen LogP contribution in [0.15, 0.2) is 18.2 Å². The van der Waals surface area contributed by atoms with Crippen molar-refractivity contribution in [3.8, 4) is 6.07 Å². The van der Waals surface area contributed by atoms with Gasteiger partial charge in [0.15, 0.2) is 0 Å². The zero-order valence-electron chi connectivity index (χ0n) is 9.61. The van der Waals surface area contributed by atoms with Crippen LogP contribution in [-0.4, -0.2) is 13.1 Å². The van der Waals surface area contributed by atoms with Crippen molar-refractivity contribution in [2.45, 2.75) is 19.8 Å². The Morgan fingerprint density at radius 2 is 2.06 bits per heavy atom. The Morgan fingerprint density at radius 3 is 2.69 bits per heavy atom. The van der Waals surface area contributed by atoms with E-state index in [2.05, 4.69) is 17.9 Å². The molecule has 1 fully saturated rings. The minimum atomic E-state index is 0.683. The fourth-order valence-electron chi connectivity index (χ4n) is 2.14. The SMILES string of the molecule is CC1CCN(c2cc(C#N)ccc2N)CC1. The van der Waals surface area contributed by atoms with Crippen molar-refractivity contribution in [2.24, 2.45) is 5.92 Å². The number of hydrogen-bond acceptors (Lipinski definition) is 3. The minimum Gasteiger partial charge on any atom is -0.397 e. The molecule has 0 aliphatic carbocycles. The highest BCUT2D eigenvalue weighted by atomic mass is 15.1. The maximum absolute atomic E-state index is 8.88. The standard InChI is InChI=1S/C13H17N3/c1-10-4-6-16(7-5-10)13-8-11(9-14)2-3-12(13)15/h2-3,8,10H,4-7,15H2,1H3. The molecule has 0 atom stereocenters. The molecule has 0 spiro atoms. The molecule has 3 nitrogen and oxygen atoms in total. The second-order valence-corrected chi connectivity index (χ2v) is 4.55. The van der Waals surface area contributed by atoms with E-state index < -0.39 is 0 Å². The van der Waals surface area contributed by atoms with Gasteiger partial charge in [0.05, 0.1) is 23.0 Å². The summed E-state index contributed by atoms with van der Waals surface area (Å²) in [6.07, 6.45) is 2.41. The van der Waals surface area contributed by atoms with Crippen LogP contribution in [0.25, 0.3) is 0 Å². The largest absolute Gasteiger partial charge is 0.397 e. The van der Waals surface area contributed by atoms with E-state index in [0.29, 0.717) is 5.56 Å².